The van der Waals surface area contributed by atoms with E-state index in [1.165, 1.54) is 17.4 Å². The van der Waals surface area contributed by atoms with Gasteiger partial charge in [-0.15, -0.1) is 10.2 Å². The van der Waals surface area contributed by atoms with Crippen molar-refractivity contribution < 1.29 is 13.9 Å². The number of anilines is 1. The molecule has 31 heavy (non-hydrogen) atoms. The molecule has 2 heterocycles. The standard InChI is InChI=1S/C23H26N4O3S/c1-17(22(28)27-14-12-26(13-15-27)19-6-4-3-5-7-19)31-23-25-24-21(30-23)16-18-8-10-20(29-2)11-9-18/h3-11,17H,12-16H2,1-2H3. The van der Waals surface area contributed by atoms with Gasteiger partial charge in [0.15, 0.2) is 0 Å². The van der Waals surface area contributed by atoms with Crippen LogP contribution in [0.2, 0.25) is 0 Å². The molecule has 0 aliphatic carbocycles. The van der Waals surface area contributed by atoms with Crippen molar-refractivity contribution in [1.82, 2.24) is 15.1 Å². The molecular weight excluding hydrogens is 412 g/mol. The minimum absolute atomic E-state index is 0.104. The lowest BCUT2D eigenvalue weighted by Crippen LogP contribution is -2.50. The maximum atomic E-state index is 12.9. The number of hydrogen-bond donors (Lipinski definition) is 0. The maximum absolute atomic E-state index is 12.9. The summed E-state index contributed by atoms with van der Waals surface area (Å²) in [7, 11) is 1.64. The molecule has 1 unspecified atom stereocenters. The van der Waals surface area contributed by atoms with Crippen molar-refractivity contribution in [3.63, 3.8) is 0 Å². The van der Waals surface area contributed by atoms with Crippen LogP contribution in [0.5, 0.6) is 5.75 Å². The summed E-state index contributed by atoms with van der Waals surface area (Å²) >= 11 is 1.31. The van der Waals surface area contributed by atoms with Crippen molar-refractivity contribution in [3.8, 4) is 5.75 Å². The summed E-state index contributed by atoms with van der Waals surface area (Å²) in [6.07, 6.45) is 0.543. The quantitative estimate of drug-likeness (QED) is 0.523. The number of carbonyl (C=O) groups excluding carboxylic acids is 1. The average Bonchev–Trinajstić information content (AvgIpc) is 3.26. The van der Waals surface area contributed by atoms with Gasteiger partial charge in [0.2, 0.25) is 11.8 Å². The number of nitrogens with zero attached hydrogens (tertiary/aromatic N) is 4. The first-order valence-electron chi connectivity index (χ1n) is 10.3. The average molecular weight is 439 g/mol. The number of piperazine rings is 1. The van der Waals surface area contributed by atoms with E-state index in [9.17, 15) is 4.79 Å². The molecule has 8 heteroatoms. The summed E-state index contributed by atoms with van der Waals surface area (Å²) in [6, 6.07) is 18.1. The third-order valence-electron chi connectivity index (χ3n) is 5.30. The highest BCUT2D eigenvalue weighted by atomic mass is 32.2. The third-order valence-corrected chi connectivity index (χ3v) is 6.22. The van der Waals surface area contributed by atoms with Gasteiger partial charge in [-0.05, 0) is 36.8 Å². The molecule has 1 amide bonds. The van der Waals surface area contributed by atoms with E-state index < -0.39 is 0 Å². The summed E-state index contributed by atoms with van der Waals surface area (Å²) in [4.78, 5) is 17.1. The molecule has 1 aliphatic rings. The Balaban J connectivity index is 1.28. The number of benzene rings is 2. The van der Waals surface area contributed by atoms with E-state index in [1.54, 1.807) is 7.11 Å². The first kappa shape index (κ1) is 21.2. The monoisotopic (exact) mass is 438 g/mol. The number of methoxy groups -OCH3 is 1. The maximum Gasteiger partial charge on any atom is 0.277 e. The number of ether oxygens (including phenoxy) is 1. The summed E-state index contributed by atoms with van der Waals surface area (Å²) in [5, 5.41) is 8.37. The van der Waals surface area contributed by atoms with Gasteiger partial charge in [0.1, 0.15) is 5.75 Å². The highest BCUT2D eigenvalue weighted by Gasteiger charge is 2.27. The Kier molecular flexibility index (Phi) is 6.76. The lowest BCUT2D eigenvalue weighted by Gasteiger charge is -2.37. The Bertz CT molecular complexity index is 986. The largest absolute Gasteiger partial charge is 0.497 e. The molecule has 0 bridgehead atoms. The van der Waals surface area contributed by atoms with E-state index >= 15 is 0 Å². The second-order valence-corrected chi connectivity index (χ2v) is 8.69. The van der Waals surface area contributed by atoms with Crippen molar-refractivity contribution in [2.45, 2.75) is 23.8 Å². The van der Waals surface area contributed by atoms with Crippen LogP contribution in [0.4, 0.5) is 5.69 Å². The number of rotatable bonds is 7. The number of amides is 1. The fourth-order valence-corrected chi connectivity index (χ4v) is 4.34. The Morgan fingerprint density at radius 1 is 1.06 bits per heavy atom. The number of aromatic nitrogens is 2. The van der Waals surface area contributed by atoms with Crippen LogP contribution in [0.3, 0.4) is 0 Å². The van der Waals surface area contributed by atoms with E-state index in [2.05, 4.69) is 27.2 Å². The molecule has 4 rings (SSSR count). The molecule has 1 saturated heterocycles. The number of carbonyl (C=O) groups is 1. The number of thioether (sulfide) groups is 1. The summed E-state index contributed by atoms with van der Waals surface area (Å²) in [5.74, 6) is 1.44. The first-order valence-corrected chi connectivity index (χ1v) is 11.2. The van der Waals surface area contributed by atoms with E-state index in [4.69, 9.17) is 9.15 Å². The molecule has 1 aliphatic heterocycles. The van der Waals surface area contributed by atoms with E-state index in [1.807, 2.05) is 54.3 Å². The molecular formula is C23H26N4O3S. The molecule has 1 atom stereocenters. The minimum atomic E-state index is -0.280. The van der Waals surface area contributed by atoms with Crippen LogP contribution in [0, 0.1) is 0 Å². The summed E-state index contributed by atoms with van der Waals surface area (Å²) in [5.41, 5.74) is 2.26. The Morgan fingerprint density at radius 2 is 1.77 bits per heavy atom. The lowest BCUT2D eigenvalue weighted by molar-refractivity contribution is -0.130. The zero-order valence-electron chi connectivity index (χ0n) is 17.7. The molecule has 0 spiro atoms. The Hall–Kier alpha value is -3.00. The predicted octanol–water partition coefficient (Wildman–Crippen LogP) is 3.50. The van der Waals surface area contributed by atoms with Gasteiger partial charge >= 0.3 is 0 Å². The van der Waals surface area contributed by atoms with Crippen molar-refractivity contribution in [2.24, 2.45) is 0 Å². The number of hydrogen-bond acceptors (Lipinski definition) is 7. The van der Waals surface area contributed by atoms with Crippen molar-refractivity contribution >= 4 is 23.4 Å². The van der Waals surface area contributed by atoms with Gasteiger partial charge in [-0.1, -0.05) is 42.1 Å². The molecule has 0 N–H and O–H groups in total. The smallest absolute Gasteiger partial charge is 0.277 e. The van der Waals surface area contributed by atoms with E-state index in [-0.39, 0.29) is 11.2 Å². The molecule has 0 saturated carbocycles. The molecule has 162 valence electrons. The van der Waals surface area contributed by atoms with Gasteiger partial charge in [-0.25, -0.2) is 0 Å². The van der Waals surface area contributed by atoms with Gasteiger partial charge < -0.3 is 19.0 Å². The zero-order chi connectivity index (χ0) is 21.6. The van der Waals surface area contributed by atoms with Crippen LogP contribution in [-0.4, -0.2) is 59.5 Å². The van der Waals surface area contributed by atoms with Crippen LogP contribution < -0.4 is 9.64 Å². The lowest BCUT2D eigenvalue weighted by atomic mass is 10.1. The first-order chi connectivity index (χ1) is 15.1. The van der Waals surface area contributed by atoms with Crippen LogP contribution in [0.1, 0.15) is 18.4 Å². The number of para-hydroxylation sites is 1. The van der Waals surface area contributed by atoms with Gasteiger partial charge in [-0.2, -0.15) is 0 Å². The summed E-state index contributed by atoms with van der Waals surface area (Å²) in [6.45, 7) is 4.99. The van der Waals surface area contributed by atoms with Gasteiger partial charge in [0.25, 0.3) is 5.22 Å². The van der Waals surface area contributed by atoms with E-state index in [0.29, 0.717) is 30.6 Å². The van der Waals surface area contributed by atoms with E-state index in [0.717, 1.165) is 24.4 Å². The third kappa shape index (κ3) is 5.38. The molecule has 1 aromatic heterocycles. The van der Waals surface area contributed by atoms with Gasteiger partial charge in [-0.3, -0.25) is 4.79 Å². The van der Waals surface area contributed by atoms with Crippen LogP contribution in [-0.2, 0) is 11.2 Å². The molecule has 1 fully saturated rings. The minimum Gasteiger partial charge on any atom is -0.497 e. The zero-order valence-corrected chi connectivity index (χ0v) is 18.5. The van der Waals surface area contributed by atoms with Crippen molar-refractivity contribution in [3.05, 3.63) is 66.1 Å². The predicted molar refractivity (Wildman–Crippen MR) is 121 cm³/mol. The molecule has 2 aromatic carbocycles. The second-order valence-electron chi connectivity index (χ2n) is 7.39. The Morgan fingerprint density at radius 3 is 2.45 bits per heavy atom. The summed E-state index contributed by atoms with van der Waals surface area (Å²) < 4.78 is 10.9. The molecule has 7 nitrogen and oxygen atoms in total. The SMILES string of the molecule is COc1ccc(Cc2nnc(SC(C)C(=O)N3CCN(c4ccccc4)CC3)o2)cc1. The van der Waals surface area contributed by atoms with Gasteiger partial charge in [0.05, 0.1) is 18.8 Å². The second kappa shape index (κ2) is 9.87. The van der Waals surface area contributed by atoms with Crippen molar-refractivity contribution in [2.75, 3.05) is 38.2 Å². The Labute approximate surface area is 186 Å². The molecule has 0 radical (unpaired) electrons. The highest BCUT2D eigenvalue weighted by Crippen LogP contribution is 2.25. The van der Waals surface area contributed by atoms with Crippen LogP contribution in [0.25, 0.3) is 0 Å². The van der Waals surface area contributed by atoms with Crippen LogP contribution >= 0.6 is 11.8 Å². The highest BCUT2D eigenvalue weighted by molar-refractivity contribution is 8.00. The normalized spacial score (nSPS) is 15.0. The molecule has 3 aromatic rings. The fourth-order valence-electron chi connectivity index (χ4n) is 3.56. The van der Waals surface area contributed by atoms with Gasteiger partial charge in [0, 0.05) is 31.9 Å². The van der Waals surface area contributed by atoms with Crippen molar-refractivity contribution in [1.29, 1.82) is 0 Å². The fraction of sp³-hybridized carbons (Fsp3) is 0.348. The topological polar surface area (TPSA) is 71.7 Å². The van der Waals surface area contributed by atoms with Crippen LogP contribution in [0.15, 0.2) is 64.2 Å².